The molecule has 0 atom stereocenters. The number of hydrogen-bond acceptors (Lipinski definition) is 3. The number of carbonyl (C=O) groups excluding carboxylic acids is 1. The maximum Gasteiger partial charge on any atom is 0.323 e. The summed E-state index contributed by atoms with van der Waals surface area (Å²) in [6.07, 6.45) is 1.71. The molecule has 110 valence electrons. The predicted octanol–water partition coefficient (Wildman–Crippen LogP) is 3.39. The molecule has 1 aromatic carbocycles. The quantitative estimate of drug-likeness (QED) is 0.868. The van der Waals surface area contributed by atoms with Crippen molar-refractivity contribution in [2.45, 2.75) is 20.8 Å². The minimum absolute atomic E-state index is 0.294. The molecule has 0 bridgehead atoms. The van der Waals surface area contributed by atoms with Crippen LogP contribution in [-0.4, -0.2) is 20.3 Å². The number of amides is 2. The van der Waals surface area contributed by atoms with Gasteiger partial charge in [-0.1, -0.05) is 19.4 Å². The molecule has 0 unspecified atom stereocenters. The van der Waals surface area contributed by atoms with Crippen molar-refractivity contribution < 1.29 is 14.3 Å². The largest absolute Gasteiger partial charge is 0.493 e. The number of hydrogen-bond donors (Lipinski definition) is 2. The zero-order valence-corrected chi connectivity index (χ0v) is 12.6. The Labute approximate surface area is 120 Å². The number of nitrogens with one attached hydrogen (secondary N) is 2. The summed E-state index contributed by atoms with van der Waals surface area (Å²) < 4.78 is 10.3. The number of rotatable bonds is 5. The third kappa shape index (κ3) is 4.50. The lowest BCUT2D eigenvalue weighted by Crippen LogP contribution is -2.24. The first-order valence-corrected chi connectivity index (χ1v) is 6.44. The van der Waals surface area contributed by atoms with Crippen LogP contribution < -0.4 is 20.1 Å². The summed E-state index contributed by atoms with van der Waals surface area (Å²) >= 11 is 0. The minimum Gasteiger partial charge on any atom is -0.493 e. The van der Waals surface area contributed by atoms with E-state index in [0.29, 0.717) is 23.1 Å². The van der Waals surface area contributed by atoms with Gasteiger partial charge in [0.25, 0.3) is 0 Å². The monoisotopic (exact) mass is 278 g/mol. The van der Waals surface area contributed by atoms with Crippen LogP contribution in [0.2, 0.25) is 0 Å². The third-order valence-corrected chi connectivity index (χ3v) is 2.98. The van der Waals surface area contributed by atoms with E-state index in [4.69, 9.17) is 9.47 Å². The van der Waals surface area contributed by atoms with Crippen molar-refractivity contribution in [1.82, 2.24) is 5.32 Å². The Balaban J connectivity index is 2.69. The number of ether oxygens (including phenoxy) is 2. The Hall–Kier alpha value is -2.17. The van der Waals surface area contributed by atoms with Gasteiger partial charge in [-0.15, -0.1) is 0 Å². The number of anilines is 1. The SMILES string of the molecule is COc1ccc(NC(=O)N/C=C(\C)C(C)C)cc1OC. The Kier molecular flexibility index (Phi) is 5.90. The first-order valence-electron chi connectivity index (χ1n) is 6.44. The molecule has 0 aliphatic carbocycles. The van der Waals surface area contributed by atoms with Crippen LogP contribution in [0.4, 0.5) is 10.5 Å². The van der Waals surface area contributed by atoms with E-state index in [2.05, 4.69) is 24.5 Å². The van der Waals surface area contributed by atoms with Crippen molar-refractivity contribution in [2.24, 2.45) is 5.92 Å². The summed E-state index contributed by atoms with van der Waals surface area (Å²) in [6.45, 7) is 6.11. The molecule has 0 saturated heterocycles. The van der Waals surface area contributed by atoms with Crippen LogP contribution in [0.25, 0.3) is 0 Å². The molecule has 20 heavy (non-hydrogen) atoms. The molecule has 0 radical (unpaired) electrons. The topological polar surface area (TPSA) is 59.6 Å². The predicted molar refractivity (Wildman–Crippen MR) is 80.3 cm³/mol. The second kappa shape index (κ2) is 7.43. The number of carbonyl (C=O) groups is 1. The minimum atomic E-state index is -0.294. The van der Waals surface area contributed by atoms with Crippen LogP contribution in [0.1, 0.15) is 20.8 Å². The van der Waals surface area contributed by atoms with Crippen LogP contribution in [0, 0.1) is 5.92 Å². The van der Waals surface area contributed by atoms with Crippen molar-refractivity contribution in [3.8, 4) is 11.5 Å². The molecule has 5 nitrogen and oxygen atoms in total. The summed E-state index contributed by atoms with van der Waals surface area (Å²) in [5.74, 6) is 1.59. The highest BCUT2D eigenvalue weighted by Gasteiger charge is 2.06. The fourth-order valence-corrected chi connectivity index (χ4v) is 1.43. The lowest BCUT2D eigenvalue weighted by atomic mass is 10.1. The lowest BCUT2D eigenvalue weighted by molar-refractivity contribution is 0.255. The van der Waals surface area contributed by atoms with Gasteiger partial charge in [-0.25, -0.2) is 4.79 Å². The highest BCUT2D eigenvalue weighted by molar-refractivity contribution is 5.90. The second-order valence-corrected chi connectivity index (χ2v) is 4.71. The summed E-state index contributed by atoms with van der Waals surface area (Å²) in [6, 6.07) is 4.90. The standard InChI is InChI=1S/C15H22N2O3/c1-10(2)11(3)9-16-15(18)17-12-6-7-13(19-4)14(8-12)20-5/h6-10H,1-5H3,(H2,16,17,18)/b11-9+. The molecular weight excluding hydrogens is 256 g/mol. The van der Waals surface area contributed by atoms with E-state index in [1.165, 1.54) is 0 Å². The molecule has 1 rings (SSSR count). The second-order valence-electron chi connectivity index (χ2n) is 4.71. The number of allylic oxidation sites excluding steroid dienone is 1. The summed E-state index contributed by atoms with van der Waals surface area (Å²) in [5.41, 5.74) is 1.74. The van der Waals surface area contributed by atoms with E-state index >= 15 is 0 Å². The van der Waals surface area contributed by atoms with Crippen molar-refractivity contribution in [2.75, 3.05) is 19.5 Å². The van der Waals surface area contributed by atoms with Gasteiger partial charge in [0.05, 0.1) is 14.2 Å². The van der Waals surface area contributed by atoms with Crippen molar-refractivity contribution >= 4 is 11.7 Å². The molecule has 0 aliphatic heterocycles. The highest BCUT2D eigenvalue weighted by Crippen LogP contribution is 2.29. The average molecular weight is 278 g/mol. The molecule has 0 heterocycles. The van der Waals surface area contributed by atoms with E-state index in [9.17, 15) is 4.79 Å². The van der Waals surface area contributed by atoms with Gasteiger partial charge in [-0.3, -0.25) is 0 Å². The third-order valence-electron chi connectivity index (χ3n) is 2.98. The normalized spacial score (nSPS) is 11.2. The molecule has 0 aliphatic rings. The highest BCUT2D eigenvalue weighted by atomic mass is 16.5. The smallest absolute Gasteiger partial charge is 0.323 e. The molecule has 5 heteroatoms. The Morgan fingerprint density at radius 1 is 1.20 bits per heavy atom. The summed E-state index contributed by atoms with van der Waals surface area (Å²) in [7, 11) is 3.12. The molecular formula is C15H22N2O3. The zero-order valence-electron chi connectivity index (χ0n) is 12.6. The van der Waals surface area contributed by atoms with Crippen molar-refractivity contribution in [1.29, 1.82) is 0 Å². The van der Waals surface area contributed by atoms with E-state index < -0.39 is 0 Å². The van der Waals surface area contributed by atoms with Gasteiger partial charge in [0.2, 0.25) is 0 Å². The Morgan fingerprint density at radius 3 is 2.40 bits per heavy atom. The average Bonchev–Trinajstić information content (AvgIpc) is 2.44. The van der Waals surface area contributed by atoms with Crippen LogP contribution >= 0.6 is 0 Å². The van der Waals surface area contributed by atoms with Gasteiger partial charge in [-0.2, -0.15) is 0 Å². The molecule has 1 aromatic rings. The number of urea groups is 1. The molecule has 0 fully saturated rings. The maximum atomic E-state index is 11.8. The first kappa shape index (κ1) is 15.9. The van der Waals surface area contributed by atoms with Gasteiger partial charge in [0.1, 0.15) is 0 Å². The lowest BCUT2D eigenvalue weighted by Gasteiger charge is -2.11. The Morgan fingerprint density at radius 2 is 1.85 bits per heavy atom. The summed E-state index contributed by atoms with van der Waals surface area (Å²) in [5, 5.41) is 5.43. The molecule has 2 N–H and O–H groups in total. The first-order chi connectivity index (χ1) is 9.47. The van der Waals surface area contributed by atoms with Crippen LogP contribution in [0.3, 0.4) is 0 Å². The fourth-order valence-electron chi connectivity index (χ4n) is 1.43. The maximum absolute atomic E-state index is 11.8. The molecule has 0 aromatic heterocycles. The molecule has 0 saturated carbocycles. The van der Waals surface area contributed by atoms with Crippen LogP contribution in [0.5, 0.6) is 11.5 Å². The van der Waals surface area contributed by atoms with Crippen LogP contribution in [-0.2, 0) is 0 Å². The van der Waals surface area contributed by atoms with E-state index in [1.54, 1.807) is 38.6 Å². The Bertz CT molecular complexity index is 496. The van der Waals surface area contributed by atoms with Gasteiger partial charge in [0.15, 0.2) is 11.5 Å². The van der Waals surface area contributed by atoms with Gasteiger partial charge in [-0.05, 0) is 25.0 Å². The van der Waals surface area contributed by atoms with Gasteiger partial charge >= 0.3 is 6.03 Å². The van der Waals surface area contributed by atoms with Crippen LogP contribution in [0.15, 0.2) is 30.0 Å². The summed E-state index contributed by atoms with van der Waals surface area (Å²) in [4.78, 5) is 11.8. The molecule has 2 amide bonds. The zero-order chi connectivity index (χ0) is 15.1. The molecule has 0 spiro atoms. The van der Waals surface area contributed by atoms with E-state index in [0.717, 1.165) is 5.57 Å². The van der Waals surface area contributed by atoms with Gasteiger partial charge < -0.3 is 20.1 Å². The number of methoxy groups -OCH3 is 2. The van der Waals surface area contributed by atoms with E-state index in [-0.39, 0.29) is 6.03 Å². The van der Waals surface area contributed by atoms with Crippen molar-refractivity contribution in [3.05, 3.63) is 30.0 Å². The van der Waals surface area contributed by atoms with Gasteiger partial charge in [0, 0.05) is 18.0 Å². The fraction of sp³-hybridized carbons (Fsp3) is 0.400. The number of benzene rings is 1. The van der Waals surface area contributed by atoms with Crippen molar-refractivity contribution in [3.63, 3.8) is 0 Å². The van der Waals surface area contributed by atoms with E-state index in [1.807, 2.05) is 6.92 Å².